The number of para-hydroxylation sites is 1. The maximum atomic E-state index is 10.4. The molecule has 0 aliphatic heterocycles. The number of nitrogens with zero attached hydrogens (tertiary/aromatic N) is 3. The largest absolute Gasteiger partial charge is 0.480 e. The van der Waals surface area contributed by atoms with Crippen LogP contribution in [0.1, 0.15) is 0 Å². The van der Waals surface area contributed by atoms with Crippen molar-refractivity contribution in [2.75, 3.05) is 13.1 Å². The fraction of sp³-hybridized carbons (Fsp3) is 0.200. The van der Waals surface area contributed by atoms with Crippen LogP contribution < -0.4 is 11.1 Å². The van der Waals surface area contributed by atoms with E-state index in [1.807, 2.05) is 0 Å². The third kappa shape index (κ3) is 6.39. The van der Waals surface area contributed by atoms with Crippen molar-refractivity contribution in [2.45, 2.75) is 0 Å². The van der Waals surface area contributed by atoms with Crippen LogP contribution in [0.3, 0.4) is 0 Å². The number of nitrogens with one attached hydrogen (secondary N) is 1. The van der Waals surface area contributed by atoms with Crippen LogP contribution in [0.4, 0.5) is 17.1 Å². The summed E-state index contributed by atoms with van der Waals surface area (Å²) in [4.78, 5) is 48.0. The van der Waals surface area contributed by atoms with Crippen molar-refractivity contribution in [2.24, 2.45) is 5.73 Å². The van der Waals surface area contributed by atoms with E-state index >= 15 is 0 Å². The molecule has 0 unspecified atom stereocenters. The van der Waals surface area contributed by atoms with Gasteiger partial charge in [-0.15, -0.1) is 0 Å². The summed E-state index contributed by atoms with van der Waals surface area (Å²) in [5, 5.41) is 41.3. The summed E-state index contributed by atoms with van der Waals surface area (Å²) >= 11 is 0. The molecule has 0 bridgehead atoms. The Balaban J connectivity index is 0.000000506. The highest BCUT2D eigenvalue weighted by Gasteiger charge is 2.34. The van der Waals surface area contributed by atoms with E-state index in [0.29, 0.717) is 0 Å². The number of carbonyl (C=O) groups is 2. The van der Waals surface area contributed by atoms with E-state index in [-0.39, 0.29) is 13.1 Å². The number of carboxylic acids is 1. The average Bonchev–Trinajstić information content (AvgIpc) is 2.51. The van der Waals surface area contributed by atoms with Crippen LogP contribution in [0.5, 0.6) is 0 Å². The minimum absolute atomic E-state index is 0.173. The highest BCUT2D eigenvalue weighted by Crippen LogP contribution is 2.35. The van der Waals surface area contributed by atoms with E-state index in [2.05, 4.69) is 5.32 Å². The molecule has 4 N–H and O–H groups in total. The lowest BCUT2D eigenvalue weighted by molar-refractivity contribution is -0.441. The second-order valence-corrected chi connectivity index (χ2v) is 3.79. The first-order valence-electron chi connectivity index (χ1n) is 5.86. The van der Waals surface area contributed by atoms with E-state index < -0.39 is 43.7 Å². The molecule has 1 aromatic rings. The Bertz CT molecular complexity index is 642. The summed E-state index contributed by atoms with van der Waals surface area (Å²) in [6, 6.07) is 2.69. The van der Waals surface area contributed by atoms with Crippen LogP contribution in [0.2, 0.25) is 0 Å². The zero-order valence-corrected chi connectivity index (χ0v) is 11.8. The number of benzene rings is 1. The van der Waals surface area contributed by atoms with E-state index in [1.165, 1.54) is 0 Å². The monoisotopic (exact) mass is 345 g/mol. The highest BCUT2D eigenvalue weighted by molar-refractivity contribution is 5.82. The summed E-state index contributed by atoms with van der Waals surface area (Å²) in [6.45, 7) is -0.538. The quantitative estimate of drug-likeness (QED) is 0.445. The third-order valence-corrected chi connectivity index (χ3v) is 2.19. The zero-order valence-electron chi connectivity index (χ0n) is 11.8. The highest BCUT2D eigenvalue weighted by atomic mass is 16.6. The van der Waals surface area contributed by atoms with Crippen molar-refractivity contribution < 1.29 is 29.5 Å². The van der Waals surface area contributed by atoms with Crippen molar-refractivity contribution in [3.8, 4) is 0 Å². The molecule has 14 heteroatoms. The fourth-order valence-electron chi connectivity index (χ4n) is 1.25. The van der Waals surface area contributed by atoms with Gasteiger partial charge in [0.2, 0.25) is 5.91 Å². The van der Waals surface area contributed by atoms with Gasteiger partial charge in [0.25, 0.3) is 0 Å². The van der Waals surface area contributed by atoms with Crippen molar-refractivity contribution in [1.82, 2.24) is 5.32 Å². The number of nitro benzene ring substituents is 3. The molecule has 0 saturated heterocycles. The Labute approximate surface area is 132 Å². The molecule has 0 heterocycles. The smallest absolute Gasteiger partial charge is 0.422 e. The number of hydrogen-bond donors (Lipinski definition) is 3. The molecule has 0 aliphatic rings. The topological polar surface area (TPSA) is 222 Å². The lowest BCUT2D eigenvalue weighted by Crippen LogP contribution is -2.34. The predicted molar refractivity (Wildman–Crippen MR) is 76.1 cm³/mol. The van der Waals surface area contributed by atoms with Crippen LogP contribution >= 0.6 is 0 Å². The summed E-state index contributed by atoms with van der Waals surface area (Å²) in [5.41, 5.74) is 1.96. The van der Waals surface area contributed by atoms with Crippen molar-refractivity contribution >= 4 is 28.9 Å². The Morgan fingerprint density at radius 1 is 1.04 bits per heavy atom. The van der Waals surface area contributed by atoms with Gasteiger partial charge in [0.15, 0.2) is 0 Å². The predicted octanol–water partition coefficient (Wildman–Crippen LogP) is -0.443. The van der Waals surface area contributed by atoms with Gasteiger partial charge in [0.1, 0.15) is 6.54 Å². The van der Waals surface area contributed by atoms with Gasteiger partial charge < -0.3 is 16.2 Å². The Hall–Kier alpha value is -3.68. The minimum Gasteiger partial charge on any atom is -0.480 e. The van der Waals surface area contributed by atoms with Gasteiger partial charge in [-0.3, -0.25) is 39.9 Å². The van der Waals surface area contributed by atoms with Crippen molar-refractivity contribution in [1.29, 1.82) is 0 Å². The van der Waals surface area contributed by atoms with E-state index in [1.54, 1.807) is 0 Å². The van der Waals surface area contributed by atoms with Gasteiger partial charge in [-0.1, -0.05) is 0 Å². The minimum atomic E-state index is -1.14. The van der Waals surface area contributed by atoms with Crippen LogP contribution in [0.25, 0.3) is 0 Å². The molecular formula is C10H11N5O9. The van der Waals surface area contributed by atoms with Gasteiger partial charge in [-0.05, 0) is 6.07 Å². The first-order chi connectivity index (χ1) is 11.1. The van der Waals surface area contributed by atoms with E-state index in [4.69, 9.17) is 10.8 Å². The van der Waals surface area contributed by atoms with Crippen LogP contribution in [-0.4, -0.2) is 44.8 Å². The van der Waals surface area contributed by atoms with E-state index in [0.717, 1.165) is 18.2 Å². The number of nitrogens with two attached hydrogens (primary N) is 1. The molecule has 24 heavy (non-hydrogen) atoms. The lowest BCUT2D eigenvalue weighted by atomic mass is 10.2. The SMILES string of the molecule is NCC(=O)NCC(=O)O.O=[N+]([O-])c1cccc([N+](=O)[O-])c1[N+](=O)[O-]. The van der Waals surface area contributed by atoms with Gasteiger partial charge in [-0.2, -0.15) is 0 Å². The molecule has 14 nitrogen and oxygen atoms in total. The average molecular weight is 345 g/mol. The molecule has 0 spiro atoms. The summed E-state index contributed by atoms with van der Waals surface area (Å²) in [5.74, 6) is -1.53. The normalized spacial score (nSPS) is 9.21. The van der Waals surface area contributed by atoms with Crippen LogP contribution in [0, 0.1) is 30.3 Å². The van der Waals surface area contributed by atoms with Gasteiger partial charge in [-0.25, -0.2) is 0 Å². The Morgan fingerprint density at radius 3 is 1.79 bits per heavy atom. The second-order valence-electron chi connectivity index (χ2n) is 3.79. The van der Waals surface area contributed by atoms with Gasteiger partial charge in [0, 0.05) is 12.1 Å². The number of hydrogen-bond acceptors (Lipinski definition) is 9. The molecule has 0 atom stereocenters. The van der Waals surface area contributed by atoms with Crippen LogP contribution in [0.15, 0.2) is 18.2 Å². The number of carboxylic acid groups (broad SMARTS) is 1. The fourth-order valence-corrected chi connectivity index (χ4v) is 1.25. The second kappa shape index (κ2) is 9.36. The van der Waals surface area contributed by atoms with Crippen LogP contribution in [-0.2, 0) is 9.59 Å². The Kier molecular flexibility index (Phi) is 7.92. The molecule has 0 saturated carbocycles. The molecular weight excluding hydrogens is 334 g/mol. The molecule has 0 fully saturated rings. The van der Waals surface area contributed by atoms with Gasteiger partial charge >= 0.3 is 23.0 Å². The number of nitro groups is 3. The molecule has 1 amide bonds. The lowest BCUT2D eigenvalue weighted by Gasteiger charge is -1.95. The van der Waals surface area contributed by atoms with Crippen molar-refractivity contribution in [3.05, 3.63) is 48.5 Å². The standard InChI is InChI=1S/C6H3N3O6.C4H8N2O3/c10-7(11)4-2-1-3-5(8(12)13)6(4)9(14)15;5-1-3(7)6-2-4(8)9/h1-3H;1-2,5H2,(H,6,7)(H,8,9). The zero-order chi connectivity index (χ0) is 18.9. The number of carbonyl (C=O) groups excluding carboxylic acids is 1. The van der Waals surface area contributed by atoms with Crippen molar-refractivity contribution in [3.63, 3.8) is 0 Å². The van der Waals surface area contributed by atoms with E-state index in [9.17, 15) is 39.9 Å². The van der Waals surface area contributed by atoms with Gasteiger partial charge in [0.05, 0.1) is 21.3 Å². The maximum absolute atomic E-state index is 10.4. The molecule has 0 aromatic heterocycles. The number of amides is 1. The molecule has 0 radical (unpaired) electrons. The number of aliphatic carboxylic acids is 1. The molecule has 130 valence electrons. The molecule has 1 rings (SSSR count). The molecule has 1 aromatic carbocycles. The maximum Gasteiger partial charge on any atom is 0.422 e. The summed E-state index contributed by atoms with van der Waals surface area (Å²) < 4.78 is 0. The number of rotatable bonds is 6. The first-order valence-corrected chi connectivity index (χ1v) is 5.86. The third-order valence-electron chi connectivity index (χ3n) is 2.19. The Morgan fingerprint density at radius 2 is 1.50 bits per heavy atom. The first kappa shape index (κ1) is 20.3. The molecule has 0 aliphatic carbocycles. The summed E-state index contributed by atoms with van der Waals surface area (Å²) in [7, 11) is 0. The summed E-state index contributed by atoms with van der Waals surface area (Å²) in [6.07, 6.45) is 0.